The molecule has 0 aromatic carbocycles. The monoisotopic (exact) mass is 209 g/mol. The number of hydrogen-bond acceptors (Lipinski definition) is 2. The van der Waals surface area contributed by atoms with Crippen LogP contribution in [0.5, 0.6) is 0 Å². The summed E-state index contributed by atoms with van der Waals surface area (Å²) in [4.78, 5) is 1.56. The zero-order valence-corrected chi connectivity index (χ0v) is 10.0. The topological polar surface area (TPSA) is 12.0 Å². The van der Waals surface area contributed by atoms with E-state index in [4.69, 9.17) is 0 Å². The molecule has 78 valence electrons. The highest BCUT2D eigenvalue weighted by Crippen LogP contribution is 2.54. The van der Waals surface area contributed by atoms with Gasteiger partial charge in [-0.25, -0.2) is 0 Å². The first-order chi connectivity index (χ1) is 6.63. The summed E-state index contributed by atoms with van der Waals surface area (Å²) in [5.41, 5.74) is 0.482. The van der Waals surface area contributed by atoms with E-state index in [-0.39, 0.29) is 0 Å². The second-order valence-electron chi connectivity index (χ2n) is 4.86. The standard InChI is InChI=1S/C12H19NS/c1-9(2)13-8-10-7-12(10,3)11-5-4-6-14-11/h4-6,9-10,13H,7-8H2,1-3H3. The van der Waals surface area contributed by atoms with E-state index in [0.29, 0.717) is 11.5 Å². The average molecular weight is 209 g/mol. The van der Waals surface area contributed by atoms with Gasteiger partial charge in [-0.1, -0.05) is 26.8 Å². The van der Waals surface area contributed by atoms with Gasteiger partial charge in [0, 0.05) is 16.3 Å². The highest BCUT2D eigenvalue weighted by atomic mass is 32.1. The van der Waals surface area contributed by atoms with Crippen LogP contribution in [0.15, 0.2) is 17.5 Å². The summed E-state index contributed by atoms with van der Waals surface area (Å²) >= 11 is 1.90. The van der Waals surface area contributed by atoms with Gasteiger partial charge in [-0.15, -0.1) is 11.3 Å². The van der Waals surface area contributed by atoms with Gasteiger partial charge in [-0.2, -0.15) is 0 Å². The largest absolute Gasteiger partial charge is 0.314 e. The van der Waals surface area contributed by atoms with Gasteiger partial charge >= 0.3 is 0 Å². The van der Waals surface area contributed by atoms with Crippen molar-refractivity contribution in [2.24, 2.45) is 5.92 Å². The quantitative estimate of drug-likeness (QED) is 0.804. The number of nitrogens with one attached hydrogen (secondary N) is 1. The van der Waals surface area contributed by atoms with Gasteiger partial charge in [0.15, 0.2) is 0 Å². The van der Waals surface area contributed by atoms with Crippen LogP contribution in [0.2, 0.25) is 0 Å². The van der Waals surface area contributed by atoms with Crippen molar-refractivity contribution in [2.45, 2.75) is 38.6 Å². The first kappa shape index (κ1) is 10.2. The lowest BCUT2D eigenvalue weighted by Gasteiger charge is -2.11. The molecule has 2 heteroatoms. The highest BCUT2D eigenvalue weighted by Gasteiger charge is 2.51. The van der Waals surface area contributed by atoms with Gasteiger partial charge in [0.2, 0.25) is 0 Å². The smallest absolute Gasteiger partial charge is 0.0108 e. The molecule has 0 bridgehead atoms. The van der Waals surface area contributed by atoms with E-state index in [9.17, 15) is 0 Å². The molecule has 0 radical (unpaired) electrons. The van der Waals surface area contributed by atoms with Crippen molar-refractivity contribution in [3.63, 3.8) is 0 Å². The molecule has 2 atom stereocenters. The molecule has 2 rings (SSSR count). The van der Waals surface area contributed by atoms with Crippen molar-refractivity contribution in [3.05, 3.63) is 22.4 Å². The molecule has 1 aromatic rings. The SMILES string of the molecule is CC(C)NCC1CC1(C)c1cccs1. The zero-order chi connectivity index (χ0) is 10.2. The first-order valence-corrected chi connectivity index (χ1v) is 6.28. The van der Waals surface area contributed by atoms with Crippen molar-refractivity contribution in [1.82, 2.24) is 5.32 Å². The van der Waals surface area contributed by atoms with Crippen LogP contribution in [-0.4, -0.2) is 12.6 Å². The average Bonchev–Trinajstić information content (AvgIpc) is 2.63. The normalized spacial score (nSPS) is 31.0. The van der Waals surface area contributed by atoms with Crippen LogP contribution in [0.3, 0.4) is 0 Å². The summed E-state index contributed by atoms with van der Waals surface area (Å²) < 4.78 is 0. The lowest BCUT2D eigenvalue weighted by Crippen LogP contribution is -2.26. The zero-order valence-electron chi connectivity index (χ0n) is 9.21. The van der Waals surface area contributed by atoms with Gasteiger partial charge in [-0.05, 0) is 30.3 Å². The van der Waals surface area contributed by atoms with Gasteiger partial charge in [0.05, 0.1) is 0 Å². The third-order valence-electron chi connectivity index (χ3n) is 3.27. The number of thiophene rings is 1. The maximum Gasteiger partial charge on any atom is 0.0108 e. The summed E-state index contributed by atoms with van der Waals surface area (Å²) in [6, 6.07) is 5.06. The maximum absolute atomic E-state index is 3.53. The third kappa shape index (κ3) is 1.86. The predicted molar refractivity (Wildman–Crippen MR) is 62.9 cm³/mol. The summed E-state index contributed by atoms with van der Waals surface area (Å²) in [5.74, 6) is 0.851. The Hall–Kier alpha value is -0.340. The lowest BCUT2D eigenvalue weighted by atomic mass is 10.0. The van der Waals surface area contributed by atoms with E-state index in [2.05, 4.69) is 43.6 Å². The molecular formula is C12H19NS. The van der Waals surface area contributed by atoms with E-state index in [1.807, 2.05) is 11.3 Å². The molecule has 1 fully saturated rings. The van der Waals surface area contributed by atoms with E-state index in [1.54, 1.807) is 4.88 Å². The van der Waals surface area contributed by atoms with Gasteiger partial charge < -0.3 is 5.32 Å². The highest BCUT2D eigenvalue weighted by molar-refractivity contribution is 7.10. The van der Waals surface area contributed by atoms with Crippen molar-refractivity contribution >= 4 is 11.3 Å². The van der Waals surface area contributed by atoms with Crippen LogP contribution < -0.4 is 5.32 Å². The van der Waals surface area contributed by atoms with Crippen molar-refractivity contribution in [3.8, 4) is 0 Å². The fraction of sp³-hybridized carbons (Fsp3) is 0.667. The Kier molecular flexibility index (Phi) is 2.67. The van der Waals surface area contributed by atoms with Crippen molar-refractivity contribution < 1.29 is 0 Å². The Labute approximate surface area is 90.5 Å². The molecule has 1 nitrogen and oxygen atoms in total. The summed E-state index contributed by atoms with van der Waals surface area (Å²) in [6.45, 7) is 7.99. The summed E-state index contributed by atoms with van der Waals surface area (Å²) in [5, 5.41) is 5.72. The minimum Gasteiger partial charge on any atom is -0.314 e. The molecule has 0 aliphatic heterocycles. The molecule has 14 heavy (non-hydrogen) atoms. The second-order valence-corrected chi connectivity index (χ2v) is 5.81. The van der Waals surface area contributed by atoms with Crippen molar-refractivity contribution in [2.75, 3.05) is 6.54 Å². The molecule has 2 unspecified atom stereocenters. The fourth-order valence-electron chi connectivity index (χ4n) is 2.03. The molecule has 0 saturated heterocycles. The minimum absolute atomic E-state index is 0.482. The van der Waals surface area contributed by atoms with Crippen LogP contribution in [0.1, 0.15) is 32.1 Å². The lowest BCUT2D eigenvalue weighted by molar-refractivity contribution is 0.530. The van der Waals surface area contributed by atoms with Crippen LogP contribution >= 0.6 is 11.3 Å². The van der Waals surface area contributed by atoms with Crippen molar-refractivity contribution in [1.29, 1.82) is 0 Å². The van der Waals surface area contributed by atoms with E-state index < -0.39 is 0 Å². The van der Waals surface area contributed by atoms with Crippen LogP contribution in [-0.2, 0) is 5.41 Å². The molecule has 1 aliphatic carbocycles. The fourth-order valence-corrected chi connectivity index (χ4v) is 3.01. The van der Waals surface area contributed by atoms with Gasteiger partial charge in [0.25, 0.3) is 0 Å². The Balaban J connectivity index is 1.90. The molecule has 1 aromatic heterocycles. The molecule has 0 spiro atoms. The number of hydrogen-bond donors (Lipinski definition) is 1. The Morgan fingerprint density at radius 2 is 2.43 bits per heavy atom. The molecule has 1 aliphatic rings. The molecular weight excluding hydrogens is 190 g/mol. The minimum atomic E-state index is 0.482. The Bertz CT molecular complexity index is 291. The van der Waals surface area contributed by atoms with Gasteiger partial charge in [0.1, 0.15) is 0 Å². The van der Waals surface area contributed by atoms with Crippen LogP contribution in [0.25, 0.3) is 0 Å². The van der Waals surface area contributed by atoms with E-state index in [1.165, 1.54) is 13.0 Å². The predicted octanol–water partition coefficient (Wildman–Crippen LogP) is 3.02. The third-order valence-corrected chi connectivity index (χ3v) is 4.42. The summed E-state index contributed by atoms with van der Waals surface area (Å²) in [6.07, 6.45) is 1.35. The summed E-state index contributed by atoms with van der Waals surface area (Å²) in [7, 11) is 0. The molecule has 1 N–H and O–H groups in total. The molecule has 0 amide bonds. The number of rotatable bonds is 4. The van der Waals surface area contributed by atoms with Crippen LogP contribution in [0.4, 0.5) is 0 Å². The first-order valence-electron chi connectivity index (χ1n) is 5.40. The molecule has 1 saturated carbocycles. The van der Waals surface area contributed by atoms with Gasteiger partial charge in [-0.3, -0.25) is 0 Å². The van der Waals surface area contributed by atoms with E-state index in [0.717, 1.165) is 5.92 Å². The Morgan fingerprint density at radius 3 is 3.00 bits per heavy atom. The van der Waals surface area contributed by atoms with E-state index >= 15 is 0 Å². The Morgan fingerprint density at radius 1 is 1.64 bits per heavy atom. The molecule has 1 heterocycles. The maximum atomic E-state index is 3.53. The second kappa shape index (κ2) is 3.67. The van der Waals surface area contributed by atoms with Crippen LogP contribution in [0, 0.1) is 5.92 Å².